The Morgan fingerprint density at radius 3 is 2.87 bits per heavy atom. The van der Waals surface area contributed by atoms with Gasteiger partial charge in [-0.15, -0.1) is 11.8 Å². The van der Waals surface area contributed by atoms with E-state index in [1.54, 1.807) is 0 Å². The first kappa shape index (κ1) is 16.0. The lowest BCUT2D eigenvalue weighted by Crippen LogP contribution is -2.28. The molecule has 0 bridgehead atoms. The van der Waals surface area contributed by atoms with E-state index in [0.29, 0.717) is 11.3 Å². The van der Waals surface area contributed by atoms with E-state index in [0.717, 1.165) is 16.3 Å². The molecule has 0 aromatic carbocycles. The van der Waals surface area contributed by atoms with E-state index >= 15 is 0 Å². The van der Waals surface area contributed by atoms with Gasteiger partial charge in [0.1, 0.15) is 10.1 Å². The number of rotatable bonds is 4. The Bertz CT molecular complexity index is 874. The van der Waals surface area contributed by atoms with E-state index in [4.69, 9.17) is 15.6 Å². The highest BCUT2D eigenvalue weighted by Gasteiger charge is 2.40. The molecule has 2 aromatic heterocycles. The number of hydrogen-bond acceptors (Lipinski definition) is 9. The summed E-state index contributed by atoms with van der Waals surface area (Å²) in [6.07, 6.45) is -1.22. The first-order chi connectivity index (χ1) is 10.9. The predicted molar refractivity (Wildman–Crippen MR) is 83.5 cm³/mol. The molecule has 1 aliphatic heterocycles. The largest absolute Gasteiger partial charge is 0.481 e. The van der Waals surface area contributed by atoms with Crippen molar-refractivity contribution in [1.29, 1.82) is 0 Å². The molecule has 3 atom stereocenters. The predicted octanol–water partition coefficient (Wildman–Crippen LogP) is -0.848. The minimum Gasteiger partial charge on any atom is -0.481 e. The number of thiazole rings is 1. The third kappa shape index (κ3) is 2.85. The van der Waals surface area contributed by atoms with Crippen LogP contribution < -0.4 is 16.2 Å². The SMILES string of the molecule is Nc1nc2c(sc(=O)n2[C@@H]2O[C@H](CO)S[C@H]2CC(=O)O)c(=O)[nH]1. The zero-order chi connectivity index (χ0) is 16.7. The Hall–Kier alpha value is -1.89. The van der Waals surface area contributed by atoms with Crippen molar-refractivity contribution in [3.8, 4) is 0 Å². The van der Waals surface area contributed by atoms with E-state index in [1.807, 2.05) is 0 Å². The van der Waals surface area contributed by atoms with Gasteiger partial charge in [-0.25, -0.2) is 0 Å². The maximum Gasteiger partial charge on any atom is 0.311 e. The van der Waals surface area contributed by atoms with Crippen LogP contribution in [0.5, 0.6) is 0 Å². The summed E-state index contributed by atoms with van der Waals surface area (Å²) in [6, 6.07) is 0. The first-order valence-corrected chi connectivity index (χ1v) is 8.21. The van der Waals surface area contributed by atoms with Crippen LogP contribution in [0.2, 0.25) is 0 Å². The Balaban J connectivity index is 2.14. The summed E-state index contributed by atoms with van der Waals surface area (Å²) in [6.45, 7) is -0.329. The number of hydrogen-bond donors (Lipinski definition) is 4. The van der Waals surface area contributed by atoms with Gasteiger partial charge in [-0.1, -0.05) is 11.3 Å². The zero-order valence-corrected chi connectivity index (χ0v) is 13.1. The lowest BCUT2D eigenvalue weighted by atomic mass is 10.2. The van der Waals surface area contributed by atoms with Gasteiger partial charge in [0.15, 0.2) is 11.9 Å². The quantitative estimate of drug-likeness (QED) is 0.544. The molecule has 0 aliphatic carbocycles. The average molecular weight is 360 g/mol. The Morgan fingerprint density at radius 2 is 2.22 bits per heavy atom. The van der Waals surface area contributed by atoms with Crippen molar-refractivity contribution in [2.45, 2.75) is 23.3 Å². The number of anilines is 1. The summed E-state index contributed by atoms with van der Waals surface area (Å²) in [5, 5.41) is 17.6. The number of aromatic nitrogens is 3. The summed E-state index contributed by atoms with van der Waals surface area (Å²) in [7, 11) is 0. The van der Waals surface area contributed by atoms with Crippen molar-refractivity contribution < 1.29 is 19.7 Å². The maximum atomic E-state index is 12.3. The fraction of sp³-hybridized carbons (Fsp3) is 0.455. The molecule has 1 fully saturated rings. The van der Waals surface area contributed by atoms with Gasteiger partial charge in [-0.3, -0.25) is 23.9 Å². The number of aliphatic carboxylic acids is 1. The van der Waals surface area contributed by atoms with Crippen LogP contribution in [0.1, 0.15) is 12.6 Å². The molecular formula is C11H12N4O6S2. The molecule has 12 heteroatoms. The smallest absolute Gasteiger partial charge is 0.311 e. The minimum absolute atomic E-state index is 0.0424. The number of nitrogens with zero attached hydrogens (tertiary/aromatic N) is 2. The molecule has 0 saturated carbocycles. The Labute approximate surface area is 135 Å². The Morgan fingerprint density at radius 1 is 1.48 bits per heavy atom. The van der Waals surface area contributed by atoms with Crippen LogP contribution in [0.25, 0.3) is 10.3 Å². The number of aromatic amines is 1. The van der Waals surface area contributed by atoms with E-state index in [1.165, 1.54) is 0 Å². The standard InChI is InChI=1S/C11H12N4O6S2/c12-10-13-7-6(8(19)14-10)23-11(20)15(7)9-3(1-4(17)18)22-5(2-16)21-9/h3,5,9,16H,1-2H2,(H,17,18)(H3,12,13,14,19)/t3-,5-,9+/m0/s1. The second kappa shape index (κ2) is 5.96. The lowest BCUT2D eigenvalue weighted by molar-refractivity contribution is -0.137. The summed E-state index contributed by atoms with van der Waals surface area (Å²) >= 11 is 1.79. The van der Waals surface area contributed by atoms with E-state index in [2.05, 4.69) is 9.97 Å². The van der Waals surface area contributed by atoms with Crippen molar-refractivity contribution in [3.05, 3.63) is 20.0 Å². The maximum absolute atomic E-state index is 12.3. The summed E-state index contributed by atoms with van der Waals surface area (Å²) < 4.78 is 6.77. The van der Waals surface area contributed by atoms with Crippen LogP contribution in [-0.4, -0.2) is 48.0 Å². The van der Waals surface area contributed by atoms with Crippen LogP contribution in [0, 0.1) is 0 Å². The molecule has 23 heavy (non-hydrogen) atoms. The molecule has 0 unspecified atom stereocenters. The van der Waals surface area contributed by atoms with Crippen LogP contribution in [0.4, 0.5) is 5.95 Å². The number of nitrogens with one attached hydrogen (secondary N) is 1. The van der Waals surface area contributed by atoms with Crippen molar-refractivity contribution in [2.75, 3.05) is 12.3 Å². The highest BCUT2D eigenvalue weighted by molar-refractivity contribution is 8.00. The number of carbonyl (C=O) groups is 1. The molecule has 0 radical (unpaired) electrons. The van der Waals surface area contributed by atoms with Gasteiger partial charge in [-0.05, 0) is 0 Å². The highest BCUT2D eigenvalue weighted by Crippen LogP contribution is 2.41. The average Bonchev–Trinajstić information content (AvgIpc) is 2.99. The van der Waals surface area contributed by atoms with Gasteiger partial charge in [0, 0.05) is 0 Å². The van der Waals surface area contributed by atoms with Gasteiger partial charge < -0.3 is 20.7 Å². The van der Waals surface area contributed by atoms with Crippen molar-refractivity contribution in [1.82, 2.24) is 14.5 Å². The molecule has 1 saturated heterocycles. The van der Waals surface area contributed by atoms with E-state index < -0.39 is 33.3 Å². The van der Waals surface area contributed by atoms with Gasteiger partial charge in [0.05, 0.1) is 18.3 Å². The van der Waals surface area contributed by atoms with Crippen LogP contribution >= 0.6 is 23.1 Å². The number of nitrogens with two attached hydrogens (primary N) is 1. The van der Waals surface area contributed by atoms with Crippen molar-refractivity contribution >= 4 is 45.4 Å². The monoisotopic (exact) mass is 360 g/mol. The van der Waals surface area contributed by atoms with E-state index in [-0.39, 0.29) is 29.3 Å². The highest BCUT2D eigenvalue weighted by atomic mass is 32.2. The molecule has 2 aromatic rings. The summed E-state index contributed by atoms with van der Waals surface area (Å²) in [4.78, 5) is 40.9. The summed E-state index contributed by atoms with van der Waals surface area (Å²) in [5.74, 6) is -1.22. The van der Waals surface area contributed by atoms with Gasteiger partial charge >= 0.3 is 10.8 Å². The first-order valence-electron chi connectivity index (χ1n) is 6.45. The molecule has 1 aliphatic rings. The number of fused-ring (bicyclic) bond motifs is 1. The molecule has 3 heterocycles. The van der Waals surface area contributed by atoms with Gasteiger partial charge in [0.2, 0.25) is 5.95 Å². The van der Waals surface area contributed by atoms with Crippen molar-refractivity contribution in [2.24, 2.45) is 0 Å². The van der Waals surface area contributed by atoms with Gasteiger partial charge in [0.25, 0.3) is 5.56 Å². The zero-order valence-electron chi connectivity index (χ0n) is 11.5. The molecular weight excluding hydrogens is 348 g/mol. The third-order valence-electron chi connectivity index (χ3n) is 3.21. The number of ether oxygens (including phenoxy) is 1. The molecule has 0 spiro atoms. The third-order valence-corrected chi connectivity index (χ3v) is 5.46. The van der Waals surface area contributed by atoms with Gasteiger partial charge in [-0.2, -0.15) is 4.98 Å². The number of carboxylic acids is 1. The second-order valence-electron chi connectivity index (χ2n) is 4.75. The molecule has 5 N–H and O–H groups in total. The number of aliphatic hydroxyl groups excluding tert-OH is 1. The normalized spacial score (nSPS) is 24.3. The van der Waals surface area contributed by atoms with Crippen LogP contribution in [-0.2, 0) is 9.53 Å². The Kier molecular flexibility index (Phi) is 4.14. The lowest BCUT2D eigenvalue weighted by Gasteiger charge is -2.17. The van der Waals surface area contributed by atoms with E-state index in [9.17, 15) is 19.5 Å². The second-order valence-corrected chi connectivity index (χ2v) is 7.12. The molecule has 10 nitrogen and oxygen atoms in total. The van der Waals surface area contributed by atoms with Crippen LogP contribution in [0.15, 0.2) is 9.59 Å². The summed E-state index contributed by atoms with van der Waals surface area (Å²) in [5.41, 5.74) is 4.35. The fourth-order valence-electron chi connectivity index (χ4n) is 2.34. The molecule has 0 amide bonds. The molecule has 3 rings (SSSR count). The number of aliphatic hydroxyl groups is 1. The number of H-pyrrole nitrogens is 1. The molecule has 124 valence electrons. The number of carboxylic acid groups (broad SMARTS) is 1. The van der Waals surface area contributed by atoms with Crippen molar-refractivity contribution in [3.63, 3.8) is 0 Å². The number of thioether (sulfide) groups is 1. The topological polar surface area (TPSA) is 161 Å². The van der Waals surface area contributed by atoms with Crippen LogP contribution in [0.3, 0.4) is 0 Å². The fourth-order valence-corrected chi connectivity index (χ4v) is 4.40. The minimum atomic E-state index is -1.06. The number of nitrogen functional groups attached to an aromatic ring is 1.